The topological polar surface area (TPSA) is 91.5 Å². The van der Waals surface area contributed by atoms with Crippen molar-refractivity contribution in [2.45, 2.75) is 10.6 Å². The van der Waals surface area contributed by atoms with E-state index in [0.29, 0.717) is 24.7 Å². The molecule has 2 aromatic heterocycles. The lowest BCUT2D eigenvalue weighted by Gasteiger charge is -2.19. The molecule has 25 heavy (non-hydrogen) atoms. The summed E-state index contributed by atoms with van der Waals surface area (Å²) in [6.45, 7) is 0.743. The van der Waals surface area contributed by atoms with Crippen LogP contribution in [0.2, 0.25) is 5.02 Å². The second-order valence-electron chi connectivity index (χ2n) is 5.21. The van der Waals surface area contributed by atoms with Crippen molar-refractivity contribution < 1.29 is 22.4 Å². The average molecular weight is 399 g/mol. The van der Waals surface area contributed by atoms with Crippen molar-refractivity contribution in [1.82, 2.24) is 10.1 Å². The van der Waals surface area contributed by atoms with E-state index in [0.717, 1.165) is 5.56 Å². The Morgan fingerprint density at radius 3 is 2.68 bits per heavy atom. The molecular weight excluding hydrogens is 388 g/mol. The van der Waals surface area contributed by atoms with E-state index in [-0.39, 0.29) is 21.6 Å². The number of sulfone groups is 1. The van der Waals surface area contributed by atoms with Gasteiger partial charge in [-0.1, -0.05) is 16.8 Å². The van der Waals surface area contributed by atoms with Gasteiger partial charge in [-0.25, -0.2) is 8.42 Å². The third-order valence-corrected chi connectivity index (χ3v) is 6.24. The molecule has 3 aromatic rings. The second-order valence-corrected chi connectivity index (χ2v) is 8.36. The van der Waals surface area contributed by atoms with Crippen molar-refractivity contribution in [2.24, 2.45) is 0 Å². The van der Waals surface area contributed by atoms with Gasteiger partial charge in [0.2, 0.25) is 0 Å². The summed E-state index contributed by atoms with van der Waals surface area (Å²) in [5.41, 5.74) is 0.749. The molecule has 1 aliphatic rings. The molecule has 0 atom stereocenters. The highest BCUT2D eigenvalue weighted by Crippen LogP contribution is 2.38. The number of rotatable bonds is 4. The Labute approximate surface area is 152 Å². The summed E-state index contributed by atoms with van der Waals surface area (Å²) in [6.07, 6.45) is 0. The van der Waals surface area contributed by atoms with Crippen molar-refractivity contribution in [3.8, 4) is 23.0 Å². The van der Waals surface area contributed by atoms with Crippen LogP contribution in [-0.2, 0) is 15.6 Å². The van der Waals surface area contributed by atoms with Gasteiger partial charge < -0.3 is 14.0 Å². The van der Waals surface area contributed by atoms with Gasteiger partial charge >= 0.3 is 0 Å². The molecule has 10 heteroatoms. The van der Waals surface area contributed by atoms with E-state index >= 15 is 0 Å². The van der Waals surface area contributed by atoms with Crippen LogP contribution < -0.4 is 9.47 Å². The fourth-order valence-electron chi connectivity index (χ4n) is 2.35. The Kier molecular flexibility index (Phi) is 4.14. The van der Waals surface area contributed by atoms with Crippen molar-refractivity contribution >= 4 is 32.8 Å². The summed E-state index contributed by atoms with van der Waals surface area (Å²) < 4.78 is 41.3. The molecule has 0 N–H and O–H groups in total. The van der Waals surface area contributed by atoms with Gasteiger partial charge in [0.15, 0.2) is 27.2 Å². The number of hydrogen-bond acceptors (Lipinski definition) is 8. The number of hydrogen-bond donors (Lipinski definition) is 0. The first-order chi connectivity index (χ1) is 12.0. The van der Waals surface area contributed by atoms with Crippen molar-refractivity contribution in [3.63, 3.8) is 0 Å². The first-order valence-corrected chi connectivity index (χ1v) is 10.2. The molecule has 3 heterocycles. The quantitative estimate of drug-likeness (QED) is 0.666. The van der Waals surface area contributed by atoms with Crippen LogP contribution in [0.25, 0.3) is 11.5 Å². The zero-order valence-corrected chi connectivity index (χ0v) is 15.0. The van der Waals surface area contributed by atoms with Gasteiger partial charge in [-0.05, 0) is 11.4 Å². The van der Waals surface area contributed by atoms with Crippen LogP contribution in [-0.4, -0.2) is 31.8 Å². The van der Waals surface area contributed by atoms with E-state index < -0.39 is 15.6 Å². The normalized spacial score (nSPS) is 13.8. The second kappa shape index (κ2) is 6.32. The van der Waals surface area contributed by atoms with E-state index in [1.54, 1.807) is 0 Å². The SMILES string of the molecule is O=S(=O)(Cc1noc(-c2ccsc2)n1)c1cc2c(cc1Cl)OCCO2. The molecule has 4 rings (SSSR count). The van der Waals surface area contributed by atoms with Crippen molar-refractivity contribution in [3.05, 3.63) is 39.8 Å². The number of ether oxygens (including phenoxy) is 2. The molecule has 0 unspecified atom stereocenters. The minimum atomic E-state index is -3.78. The molecule has 0 saturated carbocycles. The highest BCUT2D eigenvalue weighted by atomic mass is 35.5. The van der Waals surface area contributed by atoms with Crippen LogP contribution >= 0.6 is 22.9 Å². The average Bonchev–Trinajstić information content (AvgIpc) is 3.25. The third kappa shape index (κ3) is 3.22. The van der Waals surface area contributed by atoms with Crippen LogP contribution in [0.3, 0.4) is 0 Å². The summed E-state index contributed by atoms with van der Waals surface area (Å²) in [5, 5.41) is 7.50. The number of thiophene rings is 1. The lowest BCUT2D eigenvalue weighted by molar-refractivity contribution is 0.171. The fourth-order valence-corrected chi connectivity index (χ4v) is 4.74. The lowest BCUT2D eigenvalue weighted by Crippen LogP contribution is -2.16. The Bertz CT molecular complexity index is 1010. The van der Waals surface area contributed by atoms with Gasteiger partial charge in [0, 0.05) is 17.5 Å². The number of benzene rings is 1. The first kappa shape index (κ1) is 16.4. The van der Waals surface area contributed by atoms with Crippen LogP contribution in [0.1, 0.15) is 5.82 Å². The molecule has 0 aliphatic carbocycles. The largest absolute Gasteiger partial charge is 0.486 e. The van der Waals surface area contributed by atoms with Gasteiger partial charge in [0.1, 0.15) is 19.0 Å². The Hall–Kier alpha value is -2.10. The molecular formula is C15H11ClN2O5S2. The van der Waals surface area contributed by atoms with Gasteiger partial charge in [-0.2, -0.15) is 16.3 Å². The van der Waals surface area contributed by atoms with E-state index in [2.05, 4.69) is 10.1 Å². The van der Waals surface area contributed by atoms with E-state index in [1.807, 2.05) is 16.8 Å². The maximum Gasteiger partial charge on any atom is 0.258 e. The molecule has 0 bridgehead atoms. The molecule has 1 aromatic carbocycles. The van der Waals surface area contributed by atoms with E-state index in [4.69, 9.17) is 25.6 Å². The summed E-state index contributed by atoms with van der Waals surface area (Å²) in [6, 6.07) is 4.62. The third-order valence-electron chi connectivity index (χ3n) is 3.49. The maximum absolute atomic E-state index is 12.7. The Balaban J connectivity index is 1.64. The number of fused-ring (bicyclic) bond motifs is 1. The predicted molar refractivity (Wildman–Crippen MR) is 90.9 cm³/mol. The summed E-state index contributed by atoms with van der Waals surface area (Å²) in [5.74, 6) is 0.683. The van der Waals surface area contributed by atoms with E-state index in [9.17, 15) is 8.42 Å². The Morgan fingerprint density at radius 2 is 1.96 bits per heavy atom. The van der Waals surface area contributed by atoms with Crippen LogP contribution in [0, 0.1) is 0 Å². The smallest absolute Gasteiger partial charge is 0.258 e. The van der Waals surface area contributed by atoms with Crippen LogP contribution in [0.5, 0.6) is 11.5 Å². The molecule has 0 spiro atoms. The first-order valence-electron chi connectivity index (χ1n) is 7.20. The molecule has 0 amide bonds. The highest BCUT2D eigenvalue weighted by molar-refractivity contribution is 7.90. The lowest BCUT2D eigenvalue weighted by atomic mass is 10.3. The van der Waals surface area contributed by atoms with E-state index in [1.165, 1.54) is 23.5 Å². The molecule has 0 fully saturated rings. The zero-order chi connectivity index (χ0) is 17.4. The fraction of sp³-hybridized carbons (Fsp3) is 0.200. The van der Waals surface area contributed by atoms with Gasteiger partial charge in [0.25, 0.3) is 5.89 Å². The predicted octanol–water partition coefficient (Wildman–Crippen LogP) is 3.20. The van der Waals surface area contributed by atoms with Gasteiger partial charge in [0.05, 0.1) is 15.5 Å². The minimum absolute atomic E-state index is 0.0553. The molecule has 1 aliphatic heterocycles. The molecule has 130 valence electrons. The zero-order valence-electron chi connectivity index (χ0n) is 12.6. The summed E-state index contributed by atoms with van der Waals surface area (Å²) in [4.78, 5) is 4.08. The Morgan fingerprint density at radius 1 is 1.20 bits per heavy atom. The highest BCUT2D eigenvalue weighted by Gasteiger charge is 2.26. The minimum Gasteiger partial charge on any atom is -0.486 e. The van der Waals surface area contributed by atoms with Gasteiger partial charge in [-0.3, -0.25) is 0 Å². The monoisotopic (exact) mass is 398 g/mol. The summed E-state index contributed by atoms with van der Waals surface area (Å²) in [7, 11) is -3.78. The number of aromatic nitrogens is 2. The molecule has 0 radical (unpaired) electrons. The number of nitrogens with zero attached hydrogens (tertiary/aromatic N) is 2. The van der Waals surface area contributed by atoms with Crippen LogP contribution in [0.4, 0.5) is 0 Å². The van der Waals surface area contributed by atoms with Gasteiger partial charge in [-0.15, -0.1) is 0 Å². The molecule has 7 nitrogen and oxygen atoms in total. The van der Waals surface area contributed by atoms with Crippen LogP contribution in [0.15, 0.2) is 38.4 Å². The maximum atomic E-state index is 12.7. The molecule has 0 saturated heterocycles. The van der Waals surface area contributed by atoms with Crippen molar-refractivity contribution in [1.29, 1.82) is 0 Å². The van der Waals surface area contributed by atoms with Crippen molar-refractivity contribution in [2.75, 3.05) is 13.2 Å². The standard InChI is InChI=1S/C15H11ClN2O5S2/c16-10-5-11-12(22-3-2-21-11)6-13(10)25(19,20)8-14-17-15(23-18-14)9-1-4-24-7-9/h1,4-7H,2-3,8H2. The summed E-state index contributed by atoms with van der Waals surface area (Å²) >= 11 is 7.60. The number of halogens is 1.